The van der Waals surface area contributed by atoms with Gasteiger partial charge in [0.25, 0.3) is 0 Å². The molecule has 0 bridgehead atoms. The molecule has 1 saturated heterocycles. The van der Waals surface area contributed by atoms with Crippen molar-refractivity contribution < 1.29 is 9.53 Å². The van der Waals surface area contributed by atoms with Crippen LogP contribution in [0.4, 0.5) is 17.6 Å². The van der Waals surface area contributed by atoms with E-state index < -0.39 is 0 Å². The lowest BCUT2D eigenvalue weighted by atomic mass is 9.85. The molecule has 186 valence electrons. The van der Waals surface area contributed by atoms with Gasteiger partial charge in [-0.15, -0.1) is 0 Å². The summed E-state index contributed by atoms with van der Waals surface area (Å²) in [6.07, 6.45) is 6.50. The van der Waals surface area contributed by atoms with Crippen molar-refractivity contribution in [2.24, 2.45) is 11.7 Å². The molecule has 1 saturated carbocycles. The Balaban J connectivity index is 1.51. The van der Waals surface area contributed by atoms with Crippen LogP contribution in [0.3, 0.4) is 0 Å². The highest BCUT2D eigenvalue weighted by molar-refractivity contribution is 6.44. The molecule has 12 heteroatoms. The number of primary amides is 1. The molecule has 3 aromatic rings. The van der Waals surface area contributed by atoms with Crippen LogP contribution >= 0.6 is 34.8 Å². The lowest BCUT2D eigenvalue weighted by Gasteiger charge is -2.29. The molecule has 1 aliphatic carbocycles. The summed E-state index contributed by atoms with van der Waals surface area (Å²) in [5, 5.41) is 7.91. The quantitative estimate of drug-likeness (QED) is 0.362. The van der Waals surface area contributed by atoms with Crippen molar-refractivity contribution in [1.29, 1.82) is 0 Å². The van der Waals surface area contributed by atoms with Gasteiger partial charge < -0.3 is 21.1 Å². The fraction of sp³-hybridized carbons (Fsp3) is 0.478. The zero-order valence-corrected chi connectivity index (χ0v) is 21.2. The van der Waals surface area contributed by atoms with Crippen molar-refractivity contribution >= 4 is 69.5 Å². The molecule has 0 atom stereocenters. The Kier molecular flexibility index (Phi) is 7.20. The van der Waals surface area contributed by atoms with Crippen LogP contribution in [0.2, 0.25) is 15.1 Å². The molecule has 5 rings (SSSR count). The largest absolute Gasteiger partial charge is 0.381 e. The number of halogens is 3. The third-order valence-electron chi connectivity index (χ3n) is 6.71. The van der Waals surface area contributed by atoms with E-state index in [1.807, 2.05) is 0 Å². The van der Waals surface area contributed by atoms with Gasteiger partial charge in [0.2, 0.25) is 17.8 Å². The first-order valence-corrected chi connectivity index (χ1v) is 12.8. The molecular formula is C23H26Cl3N7O2. The number of hydrogen-bond donors (Lipinski definition) is 3. The van der Waals surface area contributed by atoms with E-state index in [2.05, 4.69) is 20.2 Å². The molecule has 0 radical (unpaired) electrons. The highest BCUT2D eigenvalue weighted by Crippen LogP contribution is 2.39. The Bertz CT molecular complexity index is 1240. The van der Waals surface area contributed by atoms with Gasteiger partial charge >= 0.3 is 0 Å². The second-order valence-electron chi connectivity index (χ2n) is 9.02. The number of hydrogen-bond acceptors (Lipinski definition) is 7. The smallest absolute Gasteiger partial charge is 0.224 e. The molecule has 0 spiro atoms. The molecule has 1 aromatic carbocycles. The number of anilines is 3. The molecule has 3 heterocycles. The fourth-order valence-corrected chi connectivity index (χ4v) is 5.37. The summed E-state index contributed by atoms with van der Waals surface area (Å²) in [7, 11) is 0. The van der Waals surface area contributed by atoms with E-state index in [0.717, 1.165) is 38.9 Å². The van der Waals surface area contributed by atoms with Crippen molar-refractivity contribution in [2.75, 3.05) is 23.8 Å². The van der Waals surface area contributed by atoms with Crippen LogP contribution < -0.4 is 16.4 Å². The van der Waals surface area contributed by atoms with Gasteiger partial charge in [-0.1, -0.05) is 34.8 Å². The van der Waals surface area contributed by atoms with Gasteiger partial charge in [-0.25, -0.2) is 9.97 Å². The summed E-state index contributed by atoms with van der Waals surface area (Å²) < 4.78 is 7.52. The van der Waals surface area contributed by atoms with E-state index >= 15 is 0 Å². The Morgan fingerprint density at radius 3 is 2.43 bits per heavy atom. The SMILES string of the molecule is NC(=O)[C@H]1CC[C@H](n2c(Nc3cc(Cl)c(Cl)cc3Cl)nc3cnc(NC4CCOCC4)nc32)CC1. The number of ether oxygens (including phenoxy) is 1. The minimum absolute atomic E-state index is 0.0745. The van der Waals surface area contributed by atoms with E-state index in [-0.39, 0.29) is 23.9 Å². The van der Waals surface area contributed by atoms with E-state index in [1.165, 1.54) is 0 Å². The molecule has 2 fully saturated rings. The van der Waals surface area contributed by atoms with E-state index in [1.54, 1.807) is 18.3 Å². The minimum atomic E-state index is -0.245. The average molecular weight is 539 g/mol. The predicted octanol–water partition coefficient (Wildman–Crippen LogP) is 5.34. The van der Waals surface area contributed by atoms with Crippen LogP contribution in [0, 0.1) is 5.92 Å². The number of aromatic nitrogens is 4. The standard InChI is InChI=1S/C23H26Cl3N7O2/c24-15-9-17(26)18(10-16(15)25)30-23-31-19-11-28-22(29-13-5-7-35-8-6-13)32-21(19)33(23)14-3-1-12(2-4-14)20(27)34/h9-14H,1-8H2,(H2,27,34)(H,30,31)(H,28,29,32)/t12-,14-. The molecule has 9 nitrogen and oxygen atoms in total. The van der Waals surface area contributed by atoms with Gasteiger partial charge in [-0.3, -0.25) is 9.36 Å². The second kappa shape index (κ2) is 10.3. The van der Waals surface area contributed by atoms with E-state index in [4.69, 9.17) is 55.2 Å². The summed E-state index contributed by atoms with van der Waals surface area (Å²) in [6.45, 7) is 1.44. The first kappa shape index (κ1) is 24.4. The molecule has 1 amide bonds. The summed E-state index contributed by atoms with van der Waals surface area (Å²) in [5.41, 5.74) is 7.50. The summed E-state index contributed by atoms with van der Waals surface area (Å²) in [5.74, 6) is 0.767. The number of nitrogens with zero attached hydrogens (tertiary/aromatic N) is 4. The lowest BCUT2D eigenvalue weighted by molar-refractivity contribution is -0.122. The molecular weight excluding hydrogens is 513 g/mol. The lowest BCUT2D eigenvalue weighted by Crippen LogP contribution is -2.29. The highest BCUT2D eigenvalue weighted by atomic mass is 35.5. The highest BCUT2D eigenvalue weighted by Gasteiger charge is 2.29. The van der Waals surface area contributed by atoms with Crippen molar-refractivity contribution in [3.63, 3.8) is 0 Å². The number of nitrogens with two attached hydrogens (primary N) is 1. The molecule has 0 unspecified atom stereocenters. The molecule has 1 aliphatic heterocycles. The second-order valence-corrected chi connectivity index (χ2v) is 10.2. The molecule has 35 heavy (non-hydrogen) atoms. The van der Waals surface area contributed by atoms with Crippen molar-refractivity contribution in [1.82, 2.24) is 19.5 Å². The first-order valence-electron chi connectivity index (χ1n) is 11.7. The van der Waals surface area contributed by atoms with Gasteiger partial charge in [0.05, 0.1) is 27.0 Å². The predicted molar refractivity (Wildman–Crippen MR) is 138 cm³/mol. The number of rotatable bonds is 6. The molecule has 2 aliphatic rings. The Morgan fingerprint density at radius 1 is 1.00 bits per heavy atom. The average Bonchev–Trinajstić information content (AvgIpc) is 3.20. The van der Waals surface area contributed by atoms with Crippen molar-refractivity contribution in [3.05, 3.63) is 33.4 Å². The number of nitrogens with one attached hydrogen (secondary N) is 2. The topological polar surface area (TPSA) is 120 Å². The molecule has 2 aromatic heterocycles. The maximum atomic E-state index is 11.7. The monoisotopic (exact) mass is 537 g/mol. The van der Waals surface area contributed by atoms with Crippen LogP contribution in [0.25, 0.3) is 11.2 Å². The zero-order valence-electron chi connectivity index (χ0n) is 18.9. The van der Waals surface area contributed by atoms with E-state index in [9.17, 15) is 4.79 Å². The third-order valence-corrected chi connectivity index (χ3v) is 7.74. The van der Waals surface area contributed by atoms with Crippen LogP contribution in [-0.2, 0) is 9.53 Å². The maximum absolute atomic E-state index is 11.7. The minimum Gasteiger partial charge on any atom is -0.381 e. The van der Waals surface area contributed by atoms with Gasteiger partial charge in [-0.05, 0) is 50.7 Å². The van der Waals surface area contributed by atoms with Gasteiger partial charge in [-0.2, -0.15) is 4.98 Å². The number of amides is 1. The van der Waals surface area contributed by atoms with Gasteiger partial charge in [0, 0.05) is 31.2 Å². The molecule has 4 N–H and O–H groups in total. The maximum Gasteiger partial charge on any atom is 0.224 e. The van der Waals surface area contributed by atoms with Crippen LogP contribution in [0.5, 0.6) is 0 Å². The zero-order chi connectivity index (χ0) is 24.5. The first-order chi connectivity index (χ1) is 16.9. The normalized spacial score (nSPS) is 21.2. The Hall–Kier alpha value is -2.33. The van der Waals surface area contributed by atoms with Crippen LogP contribution in [0.1, 0.15) is 44.6 Å². The third kappa shape index (κ3) is 5.28. The number of benzene rings is 1. The fourth-order valence-electron chi connectivity index (χ4n) is 4.78. The number of imidazole rings is 1. The number of carbonyl (C=O) groups is 1. The van der Waals surface area contributed by atoms with Crippen molar-refractivity contribution in [3.8, 4) is 0 Å². The van der Waals surface area contributed by atoms with Crippen LogP contribution in [-0.4, -0.2) is 44.7 Å². The van der Waals surface area contributed by atoms with Gasteiger partial charge in [0.15, 0.2) is 5.65 Å². The summed E-state index contributed by atoms with van der Waals surface area (Å²) >= 11 is 18.8. The summed E-state index contributed by atoms with van der Waals surface area (Å²) in [4.78, 5) is 25.8. The van der Waals surface area contributed by atoms with Crippen LogP contribution in [0.15, 0.2) is 18.3 Å². The number of fused-ring (bicyclic) bond motifs is 1. The number of carbonyl (C=O) groups excluding carboxylic acids is 1. The van der Waals surface area contributed by atoms with Crippen molar-refractivity contribution in [2.45, 2.75) is 50.6 Å². The Labute approximate surface area is 217 Å². The van der Waals surface area contributed by atoms with E-state index in [0.29, 0.717) is 56.7 Å². The van der Waals surface area contributed by atoms with Gasteiger partial charge in [0.1, 0.15) is 5.52 Å². The summed E-state index contributed by atoms with van der Waals surface area (Å²) in [6, 6.07) is 3.60. The Morgan fingerprint density at radius 2 is 1.71 bits per heavy atom.